The predicted octanol–water partition coefficient (Wildman–Crippen LogP) is 1.81. The van der Waals surface area contributed by atoms with E-state index < -0.39 is 41.8 Å². The van der Waals surface area contributed by atoms with E-state index in [1.54, 1.807) is 12.1 Å². The molecule has 0 aliphatic carbocycles. The van der Waals surface area contributed by atoms with E-state index in [2.05, 4.69) is 15.1 Å². The van der Waals surface area contributed by atoms with E-state index in [9.17, 15) is 24.3 Å². The molecule has 222 valence electrons. The third-order valence-corrected chi connectivity index (χ3v) is 8.99. The highest BCUT2D eigenvalue weighted by Gasteiger charge is 2.45. The van der Waals surface area contributed by atoms with Crippen molar-refractivity contribution >= 4 is 35.1 Å². The first-order chi connectivity index (χ1) is 20.2. The summed E-state index contributed by atoms with van der Waals surface area (Å²) in [6, 6.07) is 8.67. The van der Waals surface area contributed by atoms with Crippen molar-refractivity contribution in [2.24, 2.45) is 5.92 Å². The van der Waals surface area contributed by atoms with Crippen LogP contribution in [0.4, 0.5) is 15.8 Å². The molecule has 0 spiro atoms. The van der Waals surface area contributed by atoms with Gasteiger partial charge >= 0.3 is 5.97 Å². The minimum Gasteiger partial charge on any atom is -0.478 e. The van der Waals surface area contributed by atoms with Gasteiger partial charge in [0.2, 0.25) is 11.8 Å². The summed E-state index contributed by atoms with van der Waals surface area (Å²) in [6.45, 7) is 5.79. The molecular weight excluding hydrogens is 545 g/mol. The molecule has 0 radical (unpaired) electrons. The Morgan fingerprint density at radius 1 is 0.929 bits per heavy atom. The number of halogens is 1. The topological polar surface area (TPSA) is 134 Å². The highest BCUT2D eigenvalue weighted by atomic mass is 19.1. The second-order valence-corrected chi connectivity index (χ2v) is 11.5. The van der Waals surface area contributed by atoms with Gasteiger partial charge in [-0.2, -0.15) is 0 Å². The van der Waals surface area contributed by atoms with Crippen LogP contribution in [0.15, 0.2) is 36.4 Å². The van der Waals surface area contributed by atoms with Crippen molar-refractivity contribution in [3.63, 3.8) is 0 Å². The third kappa shape index (κ3) is 5.32. The largest absolute Gasteiger partial charge is 0.478 e. The van der Waals surface area contributed by atoms with E-state index in [0.717, 1.165) is 56.2 Å². The number of amides is 3. The number of hydrogen-bond donors (Lipinski definition) is 3. The normalized spacial score (nSPS) is 23.8. The third-order valence-electron chi connectivity index (χ3n) is 8.99. The van der Waals surface area contributed by atoms with Gasteiger partial charge in [-0.25, -0.2) is 9.18 Å². The van der Waals surface area contributed by atoms with Crippen LogP contribution in [0, 0.1) is 11.7 Å². The number of imide groups is 1. The lowest BCUT2D eigenvalue weighted by Gasteiger charge is -2.40. The summed E-state index contributed by atoms with van der Waals surface area (Å²) in [6.07, 6.45) is 0.490. The molecule has 4 heterocycles. The number of benzene rings is 2. The number of aliphatic hydroxyl groups excluding tert-OH is 1. The monoisotopic (exact) mass is 579 g/mol. The van der Waals surface area contributed by atoms with E-state index in [1.807, 2.05) is 17.0 Å². The molecule has 12 heteroatoms. The van der Waals surface area contributed by atoms with Crippen LogP contribution in [0.5, 0.6) is 0 Å². The van der Waals surface area contributed by atoms with Crippen LogP contribution < -0.4 is 15.1 Å². The van der Waals surface area contributed by atoms with Crippen LogP contribution in [-0.2, 0) is 9.59 Å². The first kappa shape index (κ1) is 28.1. The Morgan fingerprint density at radius 2 is 1.62 bits per heavy atom. The maximum atomic E-state index is 15.3. The number of nitrogens with zero attached hydrogens (tertiary/aromatic N) is 4. The number of fused-ring (bicyclic) bond motifs is 1. The van der Waals surface area contributed by atoms with Gasteiger partial charge in [0.25, 0.3) is 5.91 Å². The molecule has 2 aromatic carbocycles. The number of carboxylic acids is 1. The zero-order chi connectivity index (χ0) is 29.5. The highest BCUT2D eigenvalue weighted by molar-refractivity contribution is 6.06. The molecule has 0 bridgehead atoms. The summed E-state index contributed by atoms with van der Waals surface area (Å²) in [4.78, 5) is 55.9. The Balaban J connectivity index is 1.03. The molecule has 3 N–H and O–H groups in total. The Kier molecular flexibility index (Phi) is 7.58. The second kappa shape index (κ2) is 11.3. The molecule has 0 aromatic heterocycles. The Labute approximate surface area is 242 Å². The average molecular weight is 580 g/mol. The first-order valence-electron chi connectivity index (χ1n) is 14.4. The minimum absolute atomic E-state index is 0.0654. The van der Waals surface area contributed by atoms with Gasteiger partial charge in [-0.1, -0.05) is 0 Å². The molecule has 6 rings (SSSR count). The van der Waals surface area contributed by atoms with Crippen LogP contribution >= 0.6 is 0 Å². The molecule has 4 aliphatic heterocycles. The number of piperidine rings is 2. The highest BCUT2D eigenvalue weighted by Crippen LogP contribution is 2.39. The van der Waals surface area contributed by atoms with Crippen LogP contribution in [0.3, 0.4) is 0 Å². The zero-order valence-electron chi connectivity index (χ0n) is 23.2. The van der Waals surface area contributed by atoms with E-state index in [0.29, 0.717) is 24.7 Å². The van der Waals surface area contributed by atoms with E-state index in [1.165, 1.54) is 12.1 Å². The number of piperazine rings is 1. The molecule has 3 saturated heterocycles. The lowest BCUT2D eigenvalue weighted by molar-refractivity contribution is -0.139. The van der Waals surface area contributed by atoms with Crippen molar-refractivity contribution in [3.05, 3.63) is 58.9 Å². The van der Waals surface area contributed by atoms with E-state index >= 15 is 4.39 Å². The smallest absolute Gasteiger partial charge is 0.335 e. The number of aliphatic hydroxyl groups is 1. The molecule has 2 unspecified atom stereocenters. The molecule has 11 nitrogen and oxygen atoms in total. The van der Waals surface area contributed by atoms with Crippen LogP contribution in [0.2, 0.25) is 0 Å². The number of carbonyl (C=O) groups excluding carboxylic acids is 3. The van der Waals surface area contributed by atoms with Gasteiger partial charge < -0.3 is 20.0 Å². The van der Waals surface area contributed by atoms with Crippen molar-refractivity contribution in [2.45, 2.75) is 38.0 Å². The summed E-state index contributed by atoms with van der Waals surface area (Å²) in [5.41, 5.74) is 1.94. The maximum absolute atomic E-state index is 15.3. The fourth-order valence-corrected chi connectivity index (χ4v) is 6.60. The quantitative estimate of drug-likeness (QED) is 0.438. The van der Waals surface area contributed by atoms with Crippen molar-refractivity contribution in [1.29, 1.82) is 0 Å². The number of carbonyl (C=O) groups is 4. The predicted molar refractivity (Wildman–Crippen MR) is 151 cm³/mol. The maximum Gasteiger partial charge on any atom is 0.335 e. The Morgan fingerprint density at radius 3 is 2.26 bits per heavy atom. The Bertz CT molecular complexity index is 1400. The molecule has 2 atom stereocenters. The second-order valence-electron chi connectivity index (χ2n) is 11.5. The number of rotatable bonds is 6. The van der Waals surface area contributed by atoms with Gasteiger partial charge in [0.15, 0.2) is 6.23 Å². The SMILES string of the molecule is O=C1CCC(N2C(=O)c3cc(N4CCC(CN5CCN(c6ccc(C(=O)O)cc6)CC5)CC4)c(F)cc3C2O)C(=O)N1. The molecule has 42 heavy (non-hydrogen) atoms. The van der Waals surface area contributed by atoms with E-state index in [-0.39, 0.29) is 29.5 Å². The first-order valence-corrected chi connectivity index (χ1v) is 14.4. The molecule has 3 fully saturated rings. The summed E-state index contributed by atoms with van der Waals surface area (Å²) < 4.78 is 15.3. The van der Waals surface area contributed by atoms with Gasteiger partial charge in [-0.05, 0) is 61.6 Å². The van der Waals surface area contributed by atoms with Crippen molar-refractivity contribution < 1.29 is 33.8 Å². The summed E-state index contributed by atoms with van der Waals surface area (Å²) in [5, 5.41) is 22.1. The molecule has 4 aliphatic rings. The fourth-order valence-electron chi connectivity index (χ4n) is 6.60. The molecule has 0 saturated carbocycles. The number of aromatic carboxylic acids is 1. The van der Waals surface area contributed by atoms with Crippen LogP contribution in [0.1, 0.15) is 58.2 Å². The van der Waals surface area contributed by atoms with Gasteiger partial charge in [0, 0.05) is 69.0 Å². The summed E-state index contributed by atoms with van der Waals surface area (Å²) in [7, 11) is 0. The molecule has 3 amide bonds. The fraction of sp³-hybridized carbons (Fsp3) is 0.467. The summed E-state index contributed by atoms with van der Waals surface area (Å²) in [5.74, 6) is -2.58. The standard InChI is InChI=1S/C30H34FN5O6/c31-23-15-21-22(29(40)36(28(21)39)24-5-6-26(37)32-27(24)38)16-25(23)35-9-7-18(8-10-35)17-33-11-13-34(14-12-33)20-3-1-19(2-4-20)30(41)42/h1-4,15-16,18,24,28,39H,5-14,17H2,(H,41,42)(H,32,37,38). The van der Waals surface area contributed by atoms with Crippen molar-refractivity contribution in [1.82, 2.24) is 15.1 Å². The minimum atomic E-state index is -1.45. The molecular formula is C30H34FN5O6. The molecule has 2 aromatic rings. The van der Waals surface area contributed by atoms with Gasteiger partial charge in [0.1, 0.15) is 11.9 Å². The van der Waals surface area contributed by atoms with Crippen molar-refractivity contribution in [2.75, 3.05) is 55.6 Å². The zero-order valence-corrected chi connectivity index (χ0v) is 23.2. The summed E-state index contributed by atoms with van der Waals surface area (Å²) >= 11 is 0. The number of anilines is 2. The lowest BCUT2D eigenvalue weighted by Crippen LogP contribution is -2.53. The van der Waals surface area contributed by atoms with Crippen LogP contribution in [0.25, 0.3) is 0 Å². The number of nitrogens with one attached hydrogen (secondary N) is 1. The lowest BCUT2D eigenvalue weighted by atomic mass is 9.95. The van der Waals surface area contributed by atoms with Gasteiger partial charge in [-0.15, -0.1) is 0 Å². The average Bonchev–Trinajstić information content (AvgIpc) is 3.22. The number of hydrogen-bond acceptors (Lipinski definition) is 8. The number of carboxylic acid groups (broad SMARTS) is 1. The Hall–Kier alpha value is -4.03. The van der Waals surface area contributed by atoms with Crippen molar-refractivity contribution in [3.8, 4) is 0 Å². The van der Waals surface area contributed by atoms with Crippen LogP contribution in [-0.4, -0.2) is 95.6 Å². The van der Waals surface area contributed by atoms with E-state index in [4.69, 9.17) is 5.11 Å². The van der Waals surface area contributed by atoms with Gasteiger partial charge in [-0.3, -0.25) is 29.5 Å². The van der Waals surface area contributed by atoms with Gasteiger partial charge in [0.05, 0.1) is 11.3 Å².